The Morgan fingerprint density at radius 3 is 2.67 bits per heavy atom. The molecule has 18 heavy (non-hydrogen) atoms. The van der Waals surface area contributed by atoms with E-state index in [4.69, 9.17) is 16.4 Å². The Bertz CT molecular complexity index is 526. The molecule has 0 aliphatic rings. The molecule has 0 bridgehead atoms. The third-order valence-electron chi connectivity index (χ3n) is 2.34. The second-order valence-electron chi connectivity index (χ2n) is 3.60. The van der Waals surface area contributed by atoms with Crippen molar-refractivity contribution < 1.29 is 4.84 Å². The Labute approximate surface area is 110 Å². The number of aromatic nitrogens is 2. The average molecular weight is 262 g/mol. The molecule has 1 aromatic heterocycles. The molecule has 0 unspecified atom stereocenters. The standard InChI is InChI=1S/C13H12ClN3O/c1-18-17-13(8-12-9-15-6-7-16-12)10-2-4-11(14)5-3-10/h2-7,9H,8H2,1H3. The van der Waals surface area contributed by atoms with Crippen LogP contribution in [-0.2, 0) is 11.3 Å². The summed E-state index contributed by atoms with van der Waals surface area (Å²) in [5, 5.41) is 4.71. The molecular formula is C13H12ClN3O. The Morgan fingerprint density at radius 2 is 2.06 bits per heavy atom. The van der Waals surface area contributed by atoms with Gasteiger partial charge in [0.15, 0.2) is 0 Å². The van der Waals surface area contributed by atoms with Crippen molar-refractivity contribution in [2.45, 2.75) is 6.42 Å². The highest BCUT2D eigenvalue weighted by Gasteiger charge is 2.07. The van der Waals surface area contributed by atoms with E-state index in [0.29, 0.717) is 11.4 Å². The van der Waals surface area contributed by atoms with E-state index in [-0.39, 0.29) is 0 Å². The minimum Gasteiger partial charge on any atom is -0.399 e. The van der Waals surface area contributed by atoms with Crippen LogP contribution in [-0.4, -0.2) is 22.8 Å². The van der Waals surface area contributed by atoms with Gasteiger partial charge in [0.05, 0.1) is 11.4 Å². The molecule has 0 aliphatic carbocycles. The van der Waals surface area contributed by atoms with Gasteiger partial charge in [0.2, 0.25) is 0 Å². The maximum atomic E-state index is 5.86. The van der Waals surface area contributed by atoms with Gasteiger partial charge in [-0.2, -0.15) is 0 Å². The summed E-state index contributed by atoms with van der Waals surface area (Å²) in [5.74, 6) is 0. The van der Waals surface area contributed by atoms with Crippen LogP contribution < -0.4 is 0 Å². The lowest BCUT2D eigenvalue weighted by Gasteiger charge is -2.05. The van der Waals surface area contributed by atoms with Gasteiger partial charge >= 0.3 is 0 Å². The topological polar surface area (TPSA) is 47.4 Å². The van der Waals surface area contributed by atoms with Gasteiger partial charge in [-0.3, -0.25) is 9.97 Å². The first-order valence-electron chi connectivity index (χ1n) is 5.40. The van der Waals surface area contributed by atoms with Crippen LogP contribution in [0.4, 0.5) is 0 Å². The summed E-state index contributed by atoms with van der Waals surface area (Å²) in [6.45, 7) is 0. The Hall–Kier alpha value is -1.94. The fourth-order valence-corrected chi connectivity index (χ4v) is 1.66. The predicted octanol–water partition coefficient (Wildman–Crippen LogP) is 2.72. The van der Waals surface area contributed by atoms with Crippen LogP contribution in [0.15, 0.2) is 48.0 Å². The molecule has 4 nitrogen and oxygen atoms in total. The first kappa shape index (κ1) is 12.5. The van der Waals surface area contributed by atoms with E-state index in [9.17, 15) is 0 Å². The number of rotatable bonds is 4. The zero-order valence-electron chi connectivity index (χ0n) is 9.88. The van der Waals surface area contributed by atoms with Gasteiger partial charge in [0, 0.05) is 30.0 Å². The molecule has 0 amide bonds. The van der Waals surface area contributed by atoms with E-state index < -0.39 is 0 Å². The van der Waals surface area contributed by atoms with Crippen LogP contribution in [0.25, 0.3) is 0 Å². The van der Waals surface area contributed by atoms with E-state index in [1.165, 1.54) is 7.11 Å². The largest absolute Gasteiger partial charge is 0.399 e. The van der Waals surface area contributed by atoms with E-state index >= 15 is 0 Å². The molecule has 1 aromatic carbocycles. The molecule has 0 fully saturated rings. The first-order valence-corrected chi connectivity index (χ1v) is 5.78. The van der Waals surface area contributed by atoms with Crippen molar-refractivity contribution >= 4 is 17.3 Å². The summed E-state index contributed by atoms with van der Waals surface area (Å²) in [7, 11) is 1.52. The SMILES string of the molecule is CON=C(Cc1cnccn1)c1ccc(Cl)cc1. The van der Waals surface area contributed by atoms with Gasteiger partial charge in [-0.1, -0.05) is 28.9 Å². The molecule has 92 valence electrons. The highest BCUT2D eigenvalue weighted by atomic mass is 35.5. The quantitative estimate of drug-likeness (QED) is 0.628. The van der Waals surface area contributed by atoms with Gasteiger partial charge < -0.3 is 4.84 Å². The molecule has 0 saturated carbocycles. The van der Waals surface area contributed by atoms with E-state index in [2.05, 4.69) is 15.1 Å². The van der Waals surface area contributed by atoms with Crippen LogP contribution in [0.2, 0.25) is 5.02 Å². The Kier molecular flexibility index (Phi) is 4.25. The van der Waals surface area contributed by atoms with Crippen LogP contribution in [0, 0.1) is 0 Å². The third-order valence-corrected chi connectivity index (χ3v) is 2.60. The molecule has 0 spiro atoms. The van der Waals surface area contributed by atoms with Crippen molar-refractivity contribution in [3.05, 3.63) is 59.1 Å². The lowest BCUT2D eigenvalue weighted by atomic mass is 10.1. The maximum absolute atomic E-state index is 5.86. The maximum Gasteiger partial charge on any atom is 0.106 e. The zero-order valence-corrected chi connectivity index (χ0v) is 10.6. The summed E-state index contributed by atoms with van der Waals surface area (Å²) >= 11 is 5.86. The molecule has 1 heterocycles. The van der Waals surface area contributed by atoms with Crippen molar-refractivity contribution in [2.24, 2.45) is 5.16 Å². The minimum absolute atomic E-state index is 0.559. The van der Waals surface area contributed by atoms with E-state index in [1.807, 2.05) is 24.3 Å². The monoisotopic (exact) mass is 261 g/mol. The number of hydrogen-bond acceptors (Lipinski definition) is 4. The number of benzene rings is 1. The smallest absolute Gasteiger partial charge is 0.106 e. The summed E-state index contributed by atoms with van der Waals surface area (Å²) in [6.07, 6.45) is 5.56. The van der Waals surface area contributed by atoms with Gasteiger partial charge in [-0.25, -0.2) is 0 Å². The fourth-order valence-electron chi connectivity index (χ4n) is 1.53. The molecule has 0 N–H and O–H groups in total. The molecule has 5 heteroatoms. The molecular weight excluding hydrogens is 250 g/mol. The summed E-state index contributed by atoms with van der Waals surface area (Å²) in [5.41, 5.74) is 2.57. The van der Waals surface area contributed by atoms with Gasteiger partial charge in [0.1, 0.15) is 7.11 Å². The van der Waals surface area contributed by atoms with Crippen molar-refractivity contribution in [3.63, 3.8) is 0 Å². The second kappa shape index (κ2) is 6.12. The lowest BCUT2D eigenvalue weighted by Crippen LogP contribution is -2.07. The van der Waals surface area contributed by atoms with Crippen molar-refractivity contribution in [1.29, 1.82) is 0 Å². The van der Waals surface area contributed by atoms with Crippen molar-refractivity contribution in [2.75, 3.05) is 7.11 Å². The first-order chi connectivity index (χ1) is 8.79. The van der Waals surface area contributed by atoms with Crippen LogP contribution in [0.5, 0.6) is 0 Å². The van der Waals surface area contributed by atoms with E-state index in [0.717, 1.165) is 17.0 Å². The number of halogens is 1. The molecule has 2 aromatic rings. The van der Waals surface area contributed by atoms with Crippen LogP contribution >= 0.6 is 11.6 Å². The molecule has 0 atom stereocenters. The highest BCUT2D eigenvalue weighted by molar-refractivity contribution is 6.30. The van der Waals surface area contributed by atoms with Crippen LogP contribution in [0.3, 0.4) is 0 Å². The molecule has 0 saturated heterocycles. The highest BCUT2D eigenvalue weighted by Crippen LogP contribution is 2.12. The van der Waals surface area contributed by atoms with Crippen molar-refractivity contribution in [3.8, 4) is 0 Å². The molecule has 0 radical (unpaired) electrons. The second-order valence-corrected chi connectivity index (χ2v) is 4.04. The lowest BCUT2D eigenvalue weighted by molar-refractivity contribution is 0.213. The van der Waals surface area contributed by atoms with Crippen molar-refractivity contribution in [1.82, 2.24) is 9.97 Å². The average Bonchev–Trinajstić information content (AvgIpc) is 2.40. The normalized spacial score (nSPS) is 11.3. The zero-order chi connectivity index (χ0) is 12.8. The number of nitrogens with zero attached hydrogens (tertiary/aromatic N) is 3. The third kappa shape index (κ3) is 3.28. The number of hydrogen-bond donors (Lipinski definition) is 0. The van der Waals surface area contributed by atoms with E-state index in [1.54, 1.807) is 18.6 Å². The van der Waals surface area contributed by atoms with Gasteiger partial charge in [0.25, 0.3) is 0 Å². The molecule has 2 rings (SSSR count). The Morgan fingerprint density at radius 1 is 1.28 bits per heavy atom. The van der Waals surface area contributed by atoms with Gasteiger partial charge in [-0.15, -0.1) is 0 Å². The Balaban J connectivity index is 2.24. The fraction of sp³-hybridized carbons (Fsp3) is 0.154. The number of oxime groups is 1. The summed E-state index contributed by atoms with van der Waals surface area (Å²) in [4.78, 5) is 13.1. The summed E-state index contributed by atoms with van der Waals surface area (Å²) in [6, 6.07) is 7.44. The summed E-state index contributed by atoms with van der Waals surface area (Å²) < 4.78 is 0. The predicted molar refractivity (Wildman–Crippen MR) is 70.7 cm³/mol. The van der Waals surface area contributed by atoms with Crippen LogP contribution in [0.1, 0.15) is 11.3 Å². The minimum atomic E-state index is 0.559. The molecule has 0 aliphatic heterocycles. The van der Waals surface area contributed by atoms with Gasteiger partial charge in [-0.05, 0) is 17.7 Å².